The van der Waals surface area contributed by atoms with E-state index in [1.165, 1.54) is 0 Å². The minimum atomic E-state index is -0.265. The highest BCUT2D eigenvalue weighted by Crippen LogP contribution is 2.48. The fourth-order valence-electron chi connectivity index (χ4n) is 5.28. The summed E-state index contributed by atoms with van der Waals surface area (Å²) in [5.74, 6) is 0.885. The lowest BCUT2D eigenvalue weighted by Gasteiger charge is -2.46. The van der Waals surface area contributed by atoms with Crippen molar-refractivity contribution >= 4 is 23.5 Å². The van der Waals surface area contributed by atoms with Gasteiger partial charge in [0.25, 0.3) is 0 Å². The molecule has 1 aromatic carbocycles. The van der Waals surface area contributed by atoms with Crippen LogP contribution in [0.1, 0.15) is 19.8 Å². The van der Waals surface area contributed by atoms with Crippen LogP contribution < -0.4 is 10.1 Å². The van der Waals surface area contributed by atoms with Crippen molar-refractivity contribution in [3.05, 3.63) is 24.3 Å². The molecule has 4 amide bonds. The zero-order valence-corrected chi connectivity index (χ0v) is 17.2. The van der Waals surface area contributed by atoms with E-state index in [0.29, 0.717) is 37.6 Å². The first-order valence-electron chi connectivity index (χ1n) is 10.1. The number of hydrogen-bond donors (Lipinski definition) is 1. The number of methoxy groups -OCH3 is 1. The van der Waals surface area contributed by atoms with Gasteiger partial charge in [-0.25, -0.2) is 4.79 Å². The number of fused-ring (bicyclic) bond motifs is 2. The van der Waals surface area contributed by atoms with Crippen LogP contribution in [0.4, 0.5) is 10.5 Å². The molecule has 3 saturated heterocycles. The number of anilines is 1. The number of nitrogens with zero attached hydrogens (tertiary/aromatic N) is 3. The van der Waals surface area contributed by atoms with Crippen LogP contribution in [0.3, 0.4) is 0 Å². The SMILES string of the molecule is COc1cccc(NC(=O)N2CCC3(CC2)[C@@H]2CN(C(C)=O)C[C@H]2C(=O)N3C)c1. The second kappa shape index (κ2) is 7.24. The summed E-state index contributed by atoms with van der Waals surface area (Å²) in [5, 5.41) is 2.93. The van der Waals surface area contributed by atoms with E-state index in [4.69, 9.17) is 4.74 Å². The summed E-state index contributed by atoms with van der Waals surface area (Å²) in [6, 6.07) is 7.13. The summed E-state index contributed by atoms with van der Waals surface area (Å²) in [6.45, 7) is 3.87. The van der Waals surface area contributed by atoms with E-state index < -0.39 is 0 Å². The van der Waals surface area contributed by atoms with Crippen LogP contribution in [0.15, 0.2) is 24.3 Å². The molecule has 1 aromatic rings. The lowest BCUT2D eigenvalue weighted by Crippen LogP contribution is -2.57. The molecule has 0 aliphatic carbocycles. The van der Waals surface area contributed by atoms with Gasteiger partial charge in [-0.3, -0.25) is 9.59 Å². The molecule has 29 heavy (non-hydrogen) atoms. The molecule has 3 aliphatic heterocycles. The van der Waals surface area contributed by atoms with Crippen LogP contribution in [0.25, 0.3) is 0 Å². The van der Waals surface area contributed by atoms with Gasteiger partial charge in [0.05, 0.1) is 18.6 Å². The molecule has 8 nitrogen and oxygen atoms in total. The zero-order valence-electron chi connectivity index (χ0n) is 17.2. The van der Waals surface area contributed by atoms with Crippen LogP contribution in [0.5, 0.6) is 5.75 Å². The fourth-order valence-corrected chi connectivity index (χ4v) is 5.28. The Hall–Kier alpha value is -2.77. The van der Waals surface area contributed by atoms with Gasteiger partial charge in [0.2, 0.25) is 11.8 Å². The molecule has 1 N–H and O–H groups in total. The molecule has 2 atom stereocenters. The molecule has 1 spiro atoms. The zero-order chi connectivity index (χ0) is 20.8. The first kappa shape index (κ1) is 19.5. The van der Waals surface area contributed by atoms with Crippen molar-refractivity contribution in [3.63, 3.8) is 0 Å². The van der Waals surface area contributed by atoms with Gasteiger partial charge in [0.15, 0.2) is 0 Å². The van der Waals surface area contributed by atoms with E-state index in [1.54, 1.807) is 29.9 Å². The average Bonchev–Trinajstić information content (AvgIpc) is 3.25. The summed E-state index contributed by atoms with van der Waals surface area (Å²) in [5.41, 5.74) is 0.425. The number of amides is 4. The number of ether oxygens (including phenoxy) is 1. The number of rotatable bonds is 2. The number of hydrogen-bond acceptors (Lipinski definition) is 4. The van der Waals surface area contributed by atoms with Crippen LogP contribution in [-0.4, -0.2) is 78.4 Å². The van der Waals surface area contributed by atoms with Gasteiger partial charge in [0, 0.05) is 57.8 Å². The number of benzene rings is 1. The monoisotopic (exact) mass is 400 g/mol. The van der Waals surface area contributed by atoms with Gasteiger partial charge >= 0.3 is 6.03 Å². The van der Waals surface area contributed by atoms with Crippen molar-refractivity contribution in [2.24, 2.45) is 11.8 Å². The van der Waals surface area contributed by atoms with E-state index in [0.717, 1.165) is 12.8 Å². The highest BCUT2D eigenvalue weighted by molar-refractivity contribution is 5.90. The number of nitrogens with one attached hydrogen (secondary N) is 1. The first-order chi connectivity index (χ1) is 13.9. The Labute approximate surface area is 170 Å². The van der Waals surface area contributed by atoms with Crippen molar-refractivity contribution in [1.29, 1.82) is 0 Å². The molecular formula is C21H28N4O4. The standard InChI is InChI=1S/C21H28N4O4/c1-14(26)25-12-17-18(13-25)21(23(2)19(17)27)7-9-24(10-8-21)20(28)22-15-5-4-6-16(11-15)29-3/h4-6,11,17-18H,7-10,12-13H2,1-3H3,(H,22,28)/t17-,18-/m1/s1. The van der Waals surface area contributed by atoms with Gasteiger partial charge in [-0.2, -0.15) is 0 Å². The topological polar surface area (TPSA) is 82.2 Å². The highest BCUT2D eigenvalue weighted by Gasteiger charge is 2.60. The molecule has 0 bridgehead atoms. The summed E-state index contributed by atoms with van der Waals surface area (Å²) >= 11 is 0. The molecule has 4 rings (SSSR count). The van der Waals surface area contributed by atoms with Crippen molar-refractivity contribution in [2.45, 2.75) is 25.3 Å². The Balaban J connectivity index is 1.43. The van der Waals surface area contributed by atoms with Crippen molar-refractivity contribution in [3.8, 4) is 5.75 Å². The van der Waals surface area contributed by atoms with Gasteiger partial charge in [0.1, 0.15) is 5.75 Å². The minimum Gasteiger partial charge on any atom is -0.497 e. The van der Waals surface area contributed by atoms with Gasteiger partial charge in [-0.1, -0.05) is 6.07 Å². The lowest BCUT2D eigenvalue weighted by molar-refractivity contribution is -0.135. The Kier molecular flexibility index (Phi) is 4.88. The molecule has 0 radical (unpaired) electrons. The number of likely N-dealkylation sites (tertiary alicyclic amines) is 3. The Bertz CT molecular complexity index is 834. The third-order valence-corrected chi connectivity index (χ3v) is 7.01. The molecule has 0 aromatic heterocycles. The van der Waals surface area contributed by atoms with E-state index in [9.17, 15) is 14.4 Å². The van der Waals surface area contributed by atoms with E-state index in [-0.39, 0.29) is 35.2 Å². The molecule has 0 saturated carbocycles. The molecule has 3 aliphatic rings. The van der Waals surface area contributed by atoms with Crippen molar-refractivity contribution in [2.75, 3.05) is 45.7 Å². The normalized spacial score (nSPS) is 25.3. The van der Waals surface area contributed by atoms with E-state index >= 15 is 0 Å². The molecule has 3 heterocycles. The summed E-state index contributed by atoms with van der Waals surface area (Å²) in [7, 11) is 3.47. The Morgan fingerprint density at radius 1 is 1.17 bits per heavy atom. The molecule has 156 valence electrons. The van der Waals surface area contributed by atoms with Crippen molar-refractivity contribution in [1.82, 2.24) is 14.7 Å². The van der Waals surface area contributed by atoms with Crippen LogP contribution in [-0.2, 0) is 9.59 Å². The number of carbonyl (C=O) groups is 3. The predicted octanol–water partition coefficient (Wildman–Crippen LogP) is 1.63. The Morgan fingerprint density at radius 3 is 2.55 bits per heavy atom. The summed E-state index contributed by atoms with van der Waals surface area (Å²) in [6.07, 6.45) is 1.46. The van der Waals surface area contributed by atoms with Crippen molar-refractivity contribution < 1.29 is 19.1 Å². The molecule has 3 fully saturated rings. The number of piperidine rings is 1. The van der Waals surface area contributed by atoms with E-state index in [1.807, 2.05) is 30.1 Å². The molecule has 0 unspecified atom stereocenters. The summed E-state index contributed by atoms with van der Waals surface area (Å²) < 4.78 is 5.20. The number of carbonyl (C=O) groups excluding carboxylic acids is 3. The third-order valence-electron chi connectivity index (χ3n) is 7.01. The second-order valence-electron chi connectivity index (χ2n) is 8.29. The smallest absolute Gasteiger partial charge is 0.321 e. The largest absolute Gasteiger partial charge is 0.497 e. The maximum Gasteiger partial charge on any atom is 0.321 e. The number of urea groups is 1. The predicted molar refractivity (Wildman–Crippen MR) is 108 cm³/mol. The van der Waals surface area contributed by atoms with Gasteiger partial charge < -0.3 is 24.8 Å². The molecule has 8 heteroatoms. The third kappa shape index (κ3) is 3.20. The maximum atomic E-state index is 12.8. The van der Waals surface area contributed by atoms with Gasteiger partial charge in [-0.05, 0) is 25.0 Å². The lowest BCUT2D eigenvalue weighted by atomic mass is 9.75. The second-order valence-corrected chi connectivity index (χ2v) is 8.29. The van der Waals surface area contributed by atoms with Gasteiger partial charge in [-0.15, -0.1) is 0 Å². The first-order valence-corrected chi connectivity index (χ1v) is 10.1. The summed E-state index contributed by atoms with van der Waals surface area (Å²) in [4.78, 5) is 42.9. The van der Waals surface area contributed by atoms with Crippen LogP contribution in [0.2, 0.25) is 0 Å². The minimum absolute atomic E-state index is 0.0279. The quantitative estimate of drug-likeness (QED) is 0.818. The molecular weight excluding hydrogens is 372 g/mol. The van der Waals surface area contributed by atoms with E-state index in [2.05, 4.69) is 5.32 Å². The Morgan fingerprint density at radius 2 is 1.90 bits per heavy atom. The average molecular weight is 400 g/mol. The van der Waals surface area contributed by atoms with Crippen LogP contribution in [0, 0.1) is 11.8 Å². The fraction of sp³-hybridized carbons (Fsp3) is 0.571. The van der Waals surface area contributed by atoms with Crippen LogP contribution >= 0.6 is 0 Å². The maximum absolute atomic E-state index is 12.8. The highest BCUT2D eigenvalue weighted by atomic mass is 16.5.